The zero-order chi connectivity index (χ0) is 12.8. The third-order valence-electron chi connectivity index (χ3n) is 3.75. The number of hydrogen-bond donors (Lipinski definition) is 2. The van der Waals surface area contributed by atoms with Gasteiger partial charge in [-0.1, -0.05) is 6.42 Å². The number of carbonyl (C=O) groups is 4. The molecule has 0 amide bonds. The molecule has 1 aliphatic carbocycles. The summed E-state index contributed by atoms with van der Waals surface area (Å²) in [6.07, 6.45) is -0.318. The summed E-state index contributed by atoms with van der Waals surface area (Å²) < 4.78 is 4.35. The van der Waals surface area contributed by atoms with Crippen molar-refractivity contribution in [2.24, 2.45) is 10.8 Å². The monoisotopic (exact) mass is 242 g/mol. The number of esters is 2. The SMILES string of the molecule is O=C1CC2(CCCC2(C(=O)O)C(=O)O)C(=O)O1. The Kier molecular flexibility index (Phi) is 2.23. The average molecular weight is 242 g/mol. The first-order valence-electron chi connectivity index (χ1n) is 5.09. The summed E-state index contributed by atoms with van der Waals surface area (Å²) in [6.45, 7) is 0. The van der Waals surface area contributed by atoms with Gasteiger partial charge in [0.1, 0.15) is 5.41 Å². The fraction of sp³-hybridized carbons (Fsp3) is 0.600. The van der Waals surface area contributed by atoms with E-state index in [-0.39, 0.29) is 19.3 Å². The molecular weight excluding hydrogens is 232 g/mol. The molecule has 1 aliphatic heterocycles. The summed E-state index contributed by atoms with van der Waals surface area (Å²) in [5.41, 5.74) is -3.97. The van der Waals surface area contributed by atoms with Crippen molar-refractivity contribution in [2.75, 3.05) is 0 Å². The largest absolute Gasteiger partial charge is 0.480 e. The highest BCUT2D eigenvalue weighted by Crippen LogP contribution is 2.58. The van der Waals surface area contributed by atoms with Crippen LogP contribution in [0.3, 0.4) is 0 Å². The Morgan fingerprint density at radius 1 is 1.12 bits per heavy atom. The first kappa shape index (κ1) is 11.6. The van der Waals surface area contributed by atoms with Crippen LogP contribution in [0.1, 0.15) is 25.7 Å². The van der Waals surface area contributed by atoms with E-state index in [1.165, 1.54) is 0 Å². The van der Waals surface area contributed by atoms with Gasteiger partial charge in [-0.2, -0.15) is 0 Å². The summed E-state index contributed by atoms with van der Waals surface area (Å²) in [7, 11) is 0. The summed E-state index contributed by atoms with van der Waals surface area (Å²) in [5.74, 6) is -5.06. The van der Waals surface area contributed by atoms with Gasteiger partial charge in [-0.15, -0.1) is 0 Å². The van der Waals surface area contributed by atoms with Gasteiger partial charge in [-0.3, -0.25) is 19.2 Å². The molecule has 0 radical (unpaired) electrons. The minimum atomic E-state index is -2.24. The van der Waals surface area contributed by atoms with Crippen LogP contribution >= 0.6 is 0 Å². The summed E-state index contributed by atoms with van der Waals surface area (Å²) in [5, 5.41) is 18.3. The number of carboxylic acids is 2. The Morgan fingerprint density at radius 2 is 1.71 bits per heavy atom. The van der Waals surface area contributed by atoms with E-state index in [0.717, 1.165) is 0 Å². The minimum absolute atomic E-state index is 0.0518. The summed E-state index contributed by atoms with van der Waals surface area (Å²) in [6, 6.07) is 0. The molecule has 1 atom stereocenters. The molecule has 7 nitrogen and oxygen atoms in total. The van der Waals surface area contributed by atoms with Crippen molar-refractivity contribution in [3.8, 4) is 0 Å². The van der Waals surface area contributed by atoms with Crippen molar-refractivity contribution in [2.45, 2.75) is 25.7 Å². The predicted molar refractivity (Wildman–Crippen MR) is 49.7 cm³/mol. The minimum Gasteiger partial charge on any atom is -0.480 e. The molecule has 1 saturated heterocycles. The fourth-order valence-corrected chi connectivity index (χ4v) is 2.89. The molecule has 2 N–H and O–H groups in total. The van der Waals surface area contributed by atoms with Crippen LogP contribution in [-0.2, 0) is 23.9 Å². The first-order valence-corrected chi connectivity index (χ1v) is 5.09. The Hall–Kier alpha value is -1.92. The second-order valence-electron chi connectivity index (χ2n) is 4.39. The van der Waals surface area contributed by atoms with E-state index in [1.807, 2.05) is 0 Å². The van der Waals surface area contributed by atoms with Crippen LogP contribution in [-0.4, -0.2) is 34.1 Å². The van der Waals surface area contributed by atoms with Crippen LogP contribution in [0.15, 0.2) is 0 Å². The number of aliphatic carboxylic acids is 2. The highest BCUT2D eigenvalue weighted by Gasteiger charge is 2.72. The zero-order valence-corrected chi connectivity index (χ0v) is 8.76. The molecule has 7 heteroatoms. The lowest BCUT2D eigenvalue weighted by Crippen LogP contribution is -2.52. The van der Waals surface area contributed by atoms with Crippen LogP contribution < -0.4 is 0 Å². The molecule has 0 aromatic carbocycles. The quantitative estimate of drug-likeness (QED) is 0.507. The molecule has 1 spiro atoms. The Balaban J connectivity index is 2.60. The fourth-order valence-electron chi connectivity index (χ4n) is 2.89. The maximum absolute atomic E-state index is 11.7. The lowest BCUT2D eigenvalue weighted by atomic mass is 9.64. The molecular formula is C10H10O7. The lowest BCUT2D eigenvalue weighted by molar-refractivity contribution is -0.179. The van der Waals surface area contributed by atoms with E-state index in [1.54, 1.807) is 0 Å². The number of cyclic esters (lactones) is 2. The standard InChI is InChI=1S/C10H10O7/c11-5-4-9(8(16)17-5)2-1-3-10(9,6(12)13)7(14)15/h1-4H2,(H,12,13)(H,14,15). The molecule has 92 valence electrons. The van der Waals surface area contributed by atoms with Crippen LogP contribution in [0.25, 0.3) is 0 Å². The third kappa shape index (κ3) is 1.16. The van der Waals surface area contributed by atoms with Crippen molar-refractivity contribution in [1.29, 1.82) is 0 Å². The highest BCUT2D eigenvalue weighted by molar-refractivity contribution is 6.09. The van der Waals surface area contributed by atoms with Crippen LogP contribution in [0.2, 0.25) is 0 Å². The van der Waals surface area contributed by atoms with Gasteiger partial charge >= 0.3 is 23.9 Å². The number of rotatable bonds is 2. The lowest BCUT2D eigenvalue weighted by Gasteiger charge is -2.32. The summed E-state index contributed by atoms with van der Waals surface area (Å²) in [4.78, 5) is 45.3. The summed E-state index contributed by atoms with van der Waals surface area (Å²) >= 11 is 0. The molecule has 2 fully saturated rings. The number of carbonyl (C=O) groups excluding carboxylic acids is 2. The second kappa shape index (κ2) is 3.28. The Labute approximate surface area is 95.4 Å². The highest BCUT2D eigenvalue weighted by atomic mass is 16.6. The molecule has 0 aromatic rings. The molecule has 17 heavy (non-hydrogen) atoms. The van der Waals surface area contributed by atoms with Crippen molar-refractivity contribution < 1.29 is 34.1 Å². The predicted octanol–water partition coefficient (Wildman–Crippen LogP) is -0.214. The first-order chi connectivity index (χ1) is 7.87. The van der Waals surface area contributed by atoms with Crippen LogP contribution in [0.4, 0.5) is 0 Å². The average Bonchev–Trinajstić information content (AvgIpc) is 2.70. The van der Waals surface area contributed by atoms with Gasteiger partial charge in [0.25, 0.3) is 0 Å². The normalized spacial score (nSPS) is 30.6. The van der Waals surface area contributed by atoms with Gasteiger partial charge in [-0.25, -0.2) is 0 Å². The van der Waals surface area contributed by atoms with E-state index in [9.17, 15) is 19.2 Å². The van der Waals surface area contributed by atoms with E-state index < -0.39 is 41.1 Å². The molecule has 1 heterocycles. The van der Waals surface area contributed by atoms with Crippen molar-refractivity contribution in [3.05, 3.63) is 0 Å². The van der Waals surface area contributed by atoms with Crippen LogP contribution in [0.5, 0.6) is 0 Å². The maximum Gasteiger partial charge on any atom is 0.322 e. The van der Waals surface area contributed by atoms with E-state index in [0.29, 0.717) is 0 Å². The van der Waals surface area contributed by atoms with Crippen molar-refractivity contribution in [3.63, 3.8) is 0 Å². The second-order valence-corrected chi connectivity index (χ2v) is 4.39. The van der Waals surface area contributed by atoms with E-state index in [2.05, 4.69) is 4.74 Å². The number of carboxylic acid groups (broad SMARTS) is 2. The van der Waals surface area contributed by atoms with Crippen LogP contribution in [0, 0.1) is 10.8 Å². The van der Waals surface area contributed by atoms with Crippen molar-refractivity contribution in [1.82, 2.24) is 0 Å². The molecule has 0 bridgehead atoms. The van der Waals surface area contributed by atoms with Gasteiger partial charge < -0.3 is 14.9 Å². The molecule has 1 unspecified atom stereocenters. The Bertz CT molecular complexity index is 424. The van der Waals surface area contributed by atoms with Crippen molar-refractivity contribution >= 4 is 23.9 Å². The molecule has 2 aliphatic rings. The smallest absolute Gasteiger partial charge is 0.322 e. The maximum atomic E-state index is 11.7. The molecule has 0 aromatic heterocycles. The number of hydrogen-bond acceptors (Lipinski definition) is 5. The van der Waals surface area contributed by atoms with Gasteiger partial charge in [0.05, 0.1) is 6.42 Å². The Morgan fingerprint density at radius 3 is 2.12 bits per heavy atom. The van der Waals surface area contributed by atoms with Gasteiger partial charge in [0, 0.05) is 0 Å². The topological polar surface area (TPSA) is 118 Å². The molecule has 2 rings (SSSR count). The van der Waals surface area contributed by atoms with Gasteiger partial charge in [0.15, 0.2) is 5.41 Å². The van der Waals surface area contributed by atoms with Gasteiger partial charge in [-0.05, 0) is 12.8 Å². The van der Waals surface area contributed by atoms with Gasteiger partial charge in [0.2, 0.25) is 0 Å². The van der Waals surface area contributed by atoms with E-state index in [4.69, 9.17) is 10.2 Å². The zero-order valence-electron chi connectivity index (χ0n) is 8.76. The molecule has 1 saturated carbocycles. The third-order valence-corrected chi connectivity index (χ3v) is 3.75. The van der Waals surface area contributed by atoms with E-state index >= 15 is 0 Å². The number of ether oxygens (including phenoxy) is 1.